The maximum absolute atomic E-state index is 12.9. The van der Waals surface area contributed by atoms with Gasteiger partial charge in [-0.2, -0.15) is 5.10 Å². The van der Waals surface area contributed by atoms with E-state index in [-0.39, 0.29) is 22.5 Å². The number of methoxy groups -OCH3 is 1. The average molecular weight is 623 g/mol. The summed E-state index contributed by atoms with van der Waals surface area (Å²) in [6.45, 7) is 4.01. The highest BCUT2D eigenvalue weighted by molar-refractivity contribution is 6.39. The molecule has 0 radical (unpaired) electrons. The summed E-state index contributed by atoms with van der Waals surface area (Å²) in [5.41, 5.74) is 3.12. The van der Waals surface area contributed by atoms with Crippen LogP contribution < -0.4 is 15.6 Å². The molecule has 0 atom stereocenters. The maximum atomic E-state index is 12.9. The second-order valence-electron chi connectivity index (χ2n) is 9.97. The highest BCUT2D eigenvalue weighted by Crippen LogP contribution is 2.41. The molecule has 1 saturated heterocycles. The molecule has 4 aromatic rings. The summed E-state index contributed by atoms with van der Waals surface area (Å²) >= 11 is 13.7. The number of aryl methyl sites for hydroxylation is 1. The van der Waals surface area contributed by atoms with Crippen molar-refractivity contribution in [2.45, 2.75) is 13.5 Å². The van der Waals surface area contributed by atoms with Gasteiger partial charge >= 0.3 is 5.97 Å². The van der Waals surface area contributed by atoms with Crippen molar-refractivity contribution in [3.8, 4) is 28.3 Å². The van der Waals surface area contributed by atoms with Crippen molar-refractivity contribution >= 4 is 40.8 Å². The van der Waals surface area contributed by atoms with Crippen LogP contribution in [0, 0.1) is 5.92 Å². The number of benzene rings is 2. The quantitative estimate of drug-likeness (QED) is 0.258. The summed E-state index contributed by atoms with van der Waals surface area (Å²) in [4.78, 5) is 44.0. The molecule has 222 valence electrons. The van der Waals surface area contributed by atoms with Gasteiger partial charge in [-0.25, -0.2) is 9.67 Å². The number of carbonyl (C=O) groups excluding carboxylic acids is 2. The lowest BCUT2D eigenvalue weighted by Crippen LogP contribution is -2.50. The highest BCUT2D eigenvalue weighted by atomic mass is 35.5. The summed E-state index contributed by atoms with van der Waals surface area (Å²) in [6.07, 6.45) is 1.38. The monoisotopic (exact) mass is 621 g/mol. The fourth-order valence-corrected chi connectivity index (χ4v) is 5.51. The van der Waals surface area contributed by atoms with Crippen LogP contribution in [0.4, 0.5) is 5.69 Å². The Morgan fingerprint density at radius 1 is 1.00 bits per heavy atom. The first kappa shape index (κ1) is 30.2. The van der Waals surface area contributed by atoms with Gasteiger partial charge in [-0.1, -0.05) is 59.6 Å². The van der Waals surface area contributed by atoms with Gasteiger partial charge in [0.1, 0.15) is 5.56 Å². The molecular weight excluding hydrogens is 593 g/mol. The highest BCUT2D eigenvalue weighted by Gasteiger charge is 2.34. The molecular formula is C31H29Cl2N5O5. The zero-order valence-electron chi connectivity index (χ0n) is 23.8. The number of hydrogen-bond donors (Lipinski definition) is 1. The molecule has 0 bridgehead atoms. The number of carbonyl (C=O) groups is 2. The molecule has 3 heterocycles. The number of anilines is 1. The molecule has 0 spiro atoms. The Morgan fingerprint density at radius 2 is 1.70 bits per heavy atom. The lowest BCUT2D eigenvalue weighted by molar-refractivity contribution is -0.154. The van der Waals surface area contributed by atoms with E-state index in [4.69, 9.17) is 37.7 Å². The fraction of sp³-hybridized carbons (Fsp3) is 0.258. The Hall–Kier alpha value is -4.25. The number of amides is 1. The predicted molar refractivity (Wildman–Crippen MR) is 165 cm³/mol. The SMILES string of the molecule is CCOC(=O)C1CN(Cc2ccc(-c3cccc(-c4cccc(NC(=O)c5ccnn(C)c5=O)c4Cl)c3Cl)nc2OC)C1. The molecule has 2 aromatic heterocycles. The van der Waals surface area contributed by atoms with E-state index in [1.165, 1.54) is 19.3 Å². The van der Waals surface area contributed by atoms with Crippen molar-refractivity contribution < 1.29 is 19.1 Å². The summed E-state index contributed by atoms with van der Waals surface area (Å²) in [5, 5.41) is 7.24. The predicted octanol–water partition coefficient (Wildman–Crippen LogP) is 5.07. The number of nitrogens with zero attached hydrogens (tertiary/aromatic N) is 4. The molecule has 2 aromatic carbocycles. The topological polar surface area (TPSA) is 116 Å². The Bertz CT molecular complexity index is 1750. The molecule has 12 heteroatoms. The third kappa shape index (κ3) is 6.27. The van der Waals surface area contributed by atoms with Gasteiger partial charge in [0, 0.05) is 55.1 Å². The third-order valence-corrected chi connectivity index (χ3v) is 7.98. The Morgan fingerprint density at radius 3 is 2.42 bits per heavy atom. The van der Waals surface area contributed by atoms with Crippen LogP contribution in [0.2, 0.25) is 10.0 Å². The number of ether oxygens (including phenoxy) is 2. The molecule has 43 heavy (non-hydrogen) atoms. The molecule has 1 aliphatic rings. The lowest BCUT2D eigenvalue weighted by Gasteiger charge is -2.37. The molecule has 5 rings (SSSR count). The van der Waals surface area contributed by atoms with Gasteiger partial charge in [-0.3, -0.25) is 19.3 Å². The molecule has 1 amide bonds. The minimum atomic E-state index is -0.604. The van der Waals surface area contributed by atoms with Crippen molar-refractivity contribution in [1.29, 1.82) is 0 Å². The number of aromatic nitrogens is 3. The van der Waals surface area contributed by atoms with Crippen LogP contribution in [0.3, 0.4) is 0 Å². The van der Waals surface area contributed by atoms with Gasteiger partial charge in [0.05, 0.1) is 41.1 Å². The Balaban J connectivity index is 1.38. The Labute approximate surface area is 258 Å². The average Bonchev–Trinajstić information content (AvgIpc) is 2.97. The van der Waals surface area contributed by atoms with E-state index in [9.17, 15) is 14.4 Å². The molecule has 1 aliphatic heterocycles. The van der Waals surface area contributed by atoms with Crippen molar-refractivity contribution in [2.24, 2.45) is 13.0 Å². The number of hydrogen-bond acceptors (Lipinski definition) is 8. The fourth-order valence-electron chi connectivity index (χ4n) is 4.91. The number of likely N-dealkylation sites (tertiary alicyclic amines) is 1. The van der Waals surface area contributed by atoms with Crippen molar-refractivity contribution in [1.82, 2.24) is 19.7 Å². The number of pyridine rings is 1. The van der Waals surface area contributed by atoms with Gasteiger partial charge < -0.3 is 14.8 Å². The summed E-state index contributed by atoms with van der Waals surface area (Å²) in [7, 11) is 3.03. The molecule has 1 fully saturated rings. The number of nitrogens with one attached hydrogen (secondary N) is 1. The maximum Gasteiger partial charge on any atom is 0.311 e. The largest absolute Gasteiger partial charge is 0.481 e. The van der Waals surface area contributed by atoms with E-state index in [0.29, 0.717) is 65.2 Å². The Kier molecular flexibility index (Phi) is 9.10. The van der Waals surface area contributed by atoms with Gasteiger partial charge in [0.2, 0.25) is 5.88 Å². The number of esters is 1. The molecule has 0 aliphatic carbocycles. The first-order valence-electron chi connectivity index (χ1n) is 13.6. The van der Waals surface area contributed by atoms with E-state index in [1.807, 2.05) is 30.3 Å². The second-order valence-corrected chi connectivity index (χ2v) is 10.7. The summed E-state index contributed by atoms with van der Waals surface area (Å²) < 4.78 is 11.8. The van der Waals surface area contributed by atoms with E-state index in [1.54, 1.807) is 32.2 Å². The van der Waals surface area contributed by atoms with Crippen LogP contribution in [-0.4, -0.2) is 58.3 Å². The van der Waals surface area contributed by atoms with Gasteiger partial charge in [0.15, 0.2) is 0 Å². The second kappa shape index (κ2) is 12.9. The number of halogens is 2. The zero-order chi connectivity index (χ0) is 30.7. The first-order valence-corrected chi connectivity index (χ1v) is 14.3. The molecule has 1 N–H and O–H groups in total. The van der Waals surface area contributed by atoms with E-state index >= 15 is 0 Å². The smallest absolute Gasteiger partial charge is 0.311 e. The summed E-state index contributed by atoms with van der Waals surface area (Å²) in [5.74, 6) is -0.418. The van der Waals surface area contributed by atoms with Crippen LogP contribution in [0.15, 0.2) is 65.6 Å². The number of rotatable bonds is 9. The van der Waals surface area contributed by atoms with Crippen LogP contribution in [0.1, 0.15) is 22.8 Å². The van der Waals surface area contributed by atoms with E-state index < -0.39 is 11.5 Å². The van der Waals surface area contributed by atoms with Gasteiger partial charge in [-0.05, 0) is 25.1 Å². The zero-order valence-corrected chi connectivity index (χ0v) is 25.3. The third-order valence-electron chi connectivity index (χ3n) is 7.17. The molecule has 10 nitrogen and oxygen atoms in total. The first-order chi connectivity index (χ1) is 20.7. The van der Waals surface area contributed by atoms with Crippen molar-refractivity contribution in [3.63, 3.8) is 0 Å². The van der Waals surface area contributed by atoms with Crippen LogP contribution in [0.25, 0.3) is 22.4 Å². The van der Waals surface area contributed by atoms with E-state index in [0.717, 1.165) is 10.2 Å². The van der Waals surface area contributed by atoms with Gasteiger partial charge in [0.25, 0.3) is 11.5 Å². The van der Waals surface area contributed by atoms with Gasteiger partial charge in [-0.15, -0.1) is 0 Å². The lowest BCUT2D eigenvalue weighted by atomic mass is 9.99. The molecule has 0 unspecified atom stereocenters. The van der Waals surface area contributed by atoms with E-state index in [2.05, 4.69) is 15.3 Å². The van der Waals surface area contributed by atoms with Crippen LogP contribution >= 0.6 is 23.2 Å². The molecule has 0 saturated carbocycles. The van der Waals surface area contributed by atoms with Crippen molar-refractivity contribution in [2.75, 3.05) is 32.1 Å². The van der Waals surface area contributed by atoms with Crippen LogP contribution in [-0.2, 0) is 23.1 Å². The van der Waals surface area contributed by atoms with Crippen molar-refractivity contribution in [3.05, 3.63) is 92.3 Å². The minimum Gasteiger partial charge on any atom is -0.481 e. The normalized spacial score (nSPS) is 13.3. The standard InChI is InChI=1S/C31H29Cl2N5O5/c1-4-43-31(41)19-16-38(17-19)15-18-11-12-24(36-29(18)42-3)22-9-5-7-20(26(22)32)21-8-6-10-25(27(21)33)35-28(39)23-13-14-34-37(2)30(23)40/h5-14,19H,4,15-17H2,1-3H3,(H,35,39). The summed E-state index contributed by atoms with van der Waals surface area (Å²) in [6, 6.07) is 15.9. The van der Waals surface area contributed by atoms with Crippen LogP contribution in [0.5, 0.6) is 5.88 Å². The minimum absolute atomic E-state index is 0.0598.